The second-order valence-corrected chi connectivity index (χ2v) is 21.2. The molecule has 3 aliphatic heterocycles. The number of benzene rings is 3. The molecular formula is C50H56ClN11O6S. The monoisotopic (exact) mass is 973 g/mol. The molecule has 1 amide bonds. The number of ether oxygens (including phenoxy) is 1. The van der Waals surface area contributed by atoms with Crippen LogP contribution < -0.4 is 24.6 Å². The first-order chi connectivity index (χ1) is 33.3. The first-order valence-electron chi connectivity index (χ1n) is 23.6. The van der Waals surface area contributed by atoms with E-state index in [0.29, 0.717) is 62.1 Å². The molecule has 69 heavy (non-hydrogen) atoms. The van der Waals surface area contributed by atoms with Crippen LogP contribution in [0.25, 0.3) is 16.6 Å². The van der Waals surface area contributed by atoms with Crippen molar-refractivity contribution in [2.75, 3.05) is 80.6 Å². The van der Waals surface area contributed by atoms with Crippen LogP contribution in [0, 0.1) is 15.5 Å². The summed E-state index contributed by atoms with van der Waals surface area (Å²) in [5, 5.41) is 17.0. The van der Waals surface area contributed by atoms with Crippen molar-refractivity contribution in [2.45, 2.75) is 57.5 Å². The van der Waals surface area contributed by atoms with Crippen LogP contribution in [0.1, 0.15) is 61.3 Å². The number of hydrogen-bond donors (Lipinski definition) is 3. The summed E-state index contributed by atoms with van der Waals surface area (Å²) in [6.45, 7) is 12.8. The number of pyridine rings is 1. The molecule has 3 aromatic heterocycles. The zero-order chi connectivity index (χ0) is 47.9. The number of hydrogen-bond acceptors (Lipinski definition) is 13. The fourth-order valence-corrected chi connectivity index (χ4v) is 11.1. The van der Waals surface area contributed by atoms with Gasteiger partial charge >= 0.3 is 0 Å². The molecule has 17 nitrogen and oxygen atoms in total. The molecular weight excluding hydrogens is 918 g/mol. The first kappa shape index (κ1) is 46.3. The maximum absolute atomic E-state index is 14.5. The number of imidazole rings is 1. The number of sulfonamides is 1. The van der Waals surface area contributed by atoms with Crippen LogP contribution in [0.15, 0.2) is 102 Å². The van der Waals surface area contributed by atoms with Crippen molar-refractivity contribution in [3.05, 3.63) is 129 Å². The Morgan fingerprint density at radius 3 is 2.58 bits per heavy atom. The van der Waals surface area contributed by atoms with Gasteiger partial charge in [-0.05, 0) is 96.8 Å². The van der Waals surface area contributed by atoms with E-state index >= 15 is 0 Å². The summed E-state index contributed by atoms with van der Waals surface area (Å²) < 4.78 is 38.5. The van der Waals surface area contributed by atoms with Gasteiger partial charge in [0.05, 0.1) is 34.2 Å². The molecule has 0 saturated carbocycles. The van der Waals surface area contributed by atoms with Gasteiger partial charge in [-0.25, -0.2) is 18.1 Å². The lowest BCUT2D eigenvalue weighted by Gasteiger charge is -2.39. The Labute approximate surface area is 406 Å². The number of nitrogens with one attached hydrogen (secondary N) is 3. The summed E-state index contributed by atoms with van der Waals surface area (Å²) in [6, 6.07) is 21.2. The molecule has 0 unspecified atom stereocenters. The number of amides is 1. The second-order valence-electron chi connectivity index (χ2n) is 19.1. The van der Waals surface area contributed by atoms with E-state index in [2.05, 4.69) is 65.3 Å². The molecule has 10 rings (SSSR count). The molecule has 6 heterocycles. The third kappa shape index (κ3) is 10.0. The molecule has 1 saturated heterocycles. The van der Waals surface area contributed by atoms with Crippen LogP contribution in [0.3, 0.4) is 0 Å². The number of halogens is 1. The quantitative estimate of drug-likeness (QED) is 0.0746. The Bertz CT molecular complexity index is 3050. The maximum atomic E-state index is 14.5. The van der Waals surface area contributed by atoms with Crippen molar-refractivity contribution in [2.24, 2.45) is 5.41 Å². The third-order valence-electron chi connectivity index (χ3n) is 13.9. The van der Waals surface area contributed by atoms with Gasteiger partial charge in [-0.2, -0.15) is 4.98 Å². The number of fused-ring (bicyclic) bond motifs is 3. The van der Waals surface area contributed by atoms with Gasteiger partial charge in [0.2, 0.25) is 5.88 Å². The van der Waals surface area contributed by atoms with Crippen molar-refractivity contribution in [1.82, 2.24) is 34.0 Å². The zero-order valence-electron chi connectivity index (χ0n) is 38.8. The number of piperazine rings is 1. The van der Waals surface area contributed by atoms with Crippen molar-refractivity contribution in [3.8, 4) is 5.88 Å². The minimum Gasteiger partial charge on any atom is -0.476 e. The number of aromatic nitrogens is 4. The van der Waals surface area contributed by atoms with E-state index in [4.69, 9.17) is 21.3 Å². The summed E-state index contributed by atoms with van der Waals surface area (Å²) in [5.41, 5.74) is 6.88. The fourth-order valence-electron chi connectivity index (χ4n) is 10.0. The predicted molar refractivity (Wildman–Crippen MR) is 268 cm³/mol. The number of rotatable bonds is 13. The summed E-state index contributed by atoms with van der Waals surface area (Å²) >= 11 is 6.28. The van der Waals surface area contributed by atoms with Gasteiger partial charge in [-0.1, -0.05) is 43.2 Å². The standard InChI is InChI=1S/C50H56ClN11O6S/c1-50(2)14-12-36(41(31-50)34-4-6-37(51)7-5-34)32-58-21-24-59(25-22-58)38-8-10-40(43(29-38)61-18-3-27-68-49-45(61)28-35-13-15-54-47(35)55-49)48(63)56-69(66,67)39-9-11-42(44(30-39)62(64)65)52-16-19-57-23-26-60-20-17-53-46(60)33-57/h4-11,13,15,17,20,28-30,52H,3,12,14,16,18-19,21-27,31-33H2,1-2H3,(H,54,55)(H,56,63). The Balaban J connectivity index is 0.894. The van der Waals surface area contributed by atoms with Crippen LogP contribution in [-0.4, -0.2) is 114 Å². The number of nitro benzene ring substituents is 1. The van der Waals surface area contributed by atoms with E-state index in [1.54, 1.807) is 18.5 Å². The molecule has 360 valence electrons. The van der Waals surface area contributed by atoms with Gasteiger partial charge < -0.3 is 29.4 Å². The van der Waals surface area contributed by atoms with Gasteiger partial charge in [-0.15, -0.1) is 0 Å². The lowest BCUT2D eigenvalue weighted by molar-refractivity contribution is -0.384. The van der Waals surface area contributed by atoms with Crippen LogP contribution in [0.2, 0.25) is 5.02 Å². The Kier molecular flexibility index (Phi) is 12.8. The number of H-pyrrole nitrogens is 1. The molecule has 19 heteroatoms. The highest BCUT2D eigenvalue weighted by atomic mass is 35.5. The number of allylic oxidation sites excluding steroid dienone is 1. The molecule has 0 radical (unpaired) electrons. The number of anilines is 4. The van der Waals surface area contributed by atoms with Gasteiger partial charge in [0, 0.05) is 106 Å². The number of nitro groups is 1. The molecule has 3 aromatic carbocycles. The highest BCUT2D eigenvalue weighted by molar-refractivity contribution is 7.90. The van der Waals surface area contributed by atoms with Crippen molar-refractivity contribution in [3.63, 3.8) is 0 Å². The summed E-state index contributed by atoms with van der Waals surface area (Å²) in [5.74, 6) is 0.470. The second kappa shape index (κ2) is 19.1. The van der Waals surface area contributed by atoms with Crippen LogP contribution in [0.4, 0.5) is 28.4 Å². The van der Waals surface area contributed by atoms with Gasteiger partial charge in [0.1, 0.15) is 22.8 Å². The van der Waals surface area contributed by atoms with Crippen molar-refractivity contribution >= 4 is 72.6 Å². The summed E-state index contributed by atoms with van der Waals surface area (Å²) in [4.78, 5) is 47.0. The molecule has 1 fully saturated rings. The number of carbonyl (C=O) groups is 1. The largest absolute Gasteiger partial charge is 0.476 e. The van der Waals surface area contributed by atoms with Crippen molar-refractivity contribution < 1.29 is 22.9 Å². The number of nitrogens with zero attached hydrogens (tertiary/aromatic N) is 8. The van der Waals surface area contributed by atoms with Crippen LogP contribution in [0.5, 0.6) is 5.88 Å². The van der Waals surface area contributed by atoms with Gasteiger partial charge in [0.15, 0.2) is 0 Å². The molecule has 0 bridgehead atoms. The zero-order valence-corrected chi connectivity index (χ0v) is 40.4. The molecule has 4 aliphatic rings. The molecule has 1 aliphatic carbocycles. The van der Waals surface area contributed by atoms with E-state index in [0.717, 1.165) is 93.1 Å². The Hall–Kier alpha value is -6.47. The SMILES string of the molecule is CC1(C)CCC(CN2CCN(c3ccc(C(=O)NS(=O)(=O)c4ccc(NCCN5CCn6ccnc6C5)c([N+](=O)[O-])c4)c(N4CCCOc5nc6[nH]ccc6cc54)c3)CC2)=C(c2ccc(Cl)cc2)C1. The normalized spacial score (nSPS) is 17.8. The summed E-state index contributed by atoms with van der Waals surface area (Å²) in [6.07, 6.45) is 9.32. The topological polar surface area (TPSA) is 187 Å². The highest BCUT2D eigenvalue weighted by Gasteiger charge is 2.32. The van der Waals surface area contributed by atoms with Crippen molar-refractivity contribution in [1.29, 1.82) is 0 Å². The molecule has 3 N–H and O–H groups in total. The minimum atomic E-state index is -4.59. The first-order valence-corrected chi connectivity index (χ1v) is 25.4. The lowest BCUT2D eigenvalue weighted by atomic mass is 9.72. The van der Waals surface area contributed by atoms with Gasteiger partial charge in [0.25, 0.3) is 21.6 Å². The average molecular weight is 975 g/mol. The fraction of sp³-hybridized carbons (Fsp3) is 0.380. The lowest BCUT2D eigenvalue weighted by Crippen LogP contribution is -2.47. The minimum absolute atomic E-state index is 0.109. The van der Waals surface area contributed by atoms with Crippen LogP contribution >= 0.6 is 11.6 Å². The third-order valence-corrected chi connectivity index (χ3v) is 15.4. The molecule has 6 aromatic rings. The van der Waals surface area contributed by atoms with E-state index in [1.165, 1.54) is 28.8 Å². The Morgan fingerprint density at radius 2 is 1.77 bits per heavy atom. The molecule has 0 atom stereocenters. The predicted octanol–water partition coefficient (Wildman–Crippen LogP) is 8.07. The Morgan fingerprint density at radius 1 is 0.957 bits per heavy atom. The van der Waals surface area contributed by atoms with E-state index < -0.39 is 31.4 Å². The number of carbonyl (C=O) groups excluding carboxylic acids is 1. The van der Waals surface area contributed by atoms with E-state index in [-0.39, 0.29) is 16.7 Å². The van der Waals surface area contributed by atoms with Gasteiger partial charge in [-0.3, -0.25) is 24.7 Å². The van der Waals surface area contributed by atoms with E-state index in [9.17, 15) is 23.3 Å². The highest BCUT2D eigenvalue weighted by Crippen LogP contribution is 2.44. The maximum Gasteiger partial charge on any atom is 0.293 e. The number of aromatic amines is 1. The summed E-state index contributed by atoms with van der Waals surface area (Å²) in [7, 11) is -4.59. The average Bonchev–Trinajstić information content (AvgIpc) is 3.96. The van der Waals surface area contributed by atoms with E-state index in [1.807, 2.05) is 47.5 Å². The molecule has 0 spiro atoms. The van der Waals surface area contributed by atoms with Crippen LogP contribution in [-0.2, 0) is 23.1 Å². The smallest absolute Gasteiger partial charge is 0.293 e.